The summed E-state index contributed by atoms with van der Waals surface area (Å²) in [5.74, 6) is 0.491. The molecule has 0 saturated heterocycles. The molecule has 5 rings (SSSR count). The molecule has 216 valence electrons. The van der Waals surface area contributed by atoms with Gasteiger partial charge in [0.05, 0.1) is 38.0 Å². The van der Waals surface area contributed by atoms with Crippen LogP contribution in [0, 0.1) is 0 Å². The van der Waals surface area contributed by atoms with Crippen molar-refractivity contribution >= 4 is 28.8 Å². The Morgan fingerprint density at radius 3 is 2.50 bits per heavy atom. The van der Waals surface area contributed by atoms with Gasteiger partial charge < -0.3 is 24.4 Å². The third-order valence-electron chi connectivity index (χ3n) is 6.95. The van der Waals surface area contributed by atoms with Gasteiger partial charge in [-0.25, -0.2) is 9.79 Å². The largest absolute Gasteiger partial charge is 0.493 e. The van der Waals surface area contributed by atoms with Crippen LogP contribution < -0.4 is 14.8 Å². The molecule has 1 unspecified atom stereocenters. The van der Waals surface area contributed by atoms with E-state index in [0.29, 0.717) is 47.5 Å². The van der Waals surface area contributed by atoms with E-state index in [1.54, 1.807) is 19.5 Å². The van der Waals surface area contributed by atoms with Crippen molar-refractivity contribution in [3.63, 3.8) is 0 Å². The molecule has 0 spiro atoms. The Balaban J connectivity index is 1.44. The molecule has 1 N–H and O–H groups in total. The number of nitrogens with one attached hydrogen (secondary N) is 1. The molecular formula is C32H32N4O5S. The number of amidine groups is 1. The summed E-state index contributed by atoms with van der Waals surface area (Å²) in [4.78, 5) is 37.0. The molecule has 1 atom stereocenters. The molecule has 10 heteroatoms. The van der Waals surface area contributed by atoms with Crippen molar-refractivity contribution in [2.75, 3.05) is 14.2 Å². The van der Waals surface area contributed by atoms with Crippen molar-refractivity contribution in [3.8, 4) is 11.5 Å². The molecule has 0 fully saturated rings. The number of thioether (sulfide) groups is 1. The third kappa shape index (κ3) is 6.33. The molecule has 3 heterocycles. The molecule has 0 aliphatic carbocycles. The number of carbonyl (C=O) groups excluding carboxylic acids is 2. The number of hydrogen-bond acceptors (Lipinski definition) is 9. The number of nitrogens with zero attached hydrogens (tertiary/aromatic N) is 3. The minimum atomic E-state index is -0.578. The highest BCUT2D eigenvalue weighted by molar-refractivity contribution is 8.16. The van der Waals surface area contributed by atoms with E-state index in [4.69, 9.17) is 19.2 Å². The number of allylic oxidation sites excluding steroid dienone is 1. The quantitative estimate of drug-likeness (QED) is 0.294. The number of rotatable bonds is 11. The van der Waals surface area contributed by atoms with Gasteiger partial charge in [0.2, 0.25) is 5.91 Å². The van der Waals surface area contributed by atoms with Gasteiger partial charge in [-0.15, -0.1) is 0 Å². The molecular weight excluding hydrogens is 552 g/mol. The van der Waals surface area contributed by atoms with Crippen molar-refractivity contribution in [1.29, 1.82) is 0 Å². The van der Waals surface area contributed by atoms with Gasteiger partial charge in [0.15, 0.2) is 16.7 Å². The van der Waals surface area contributed by atoms with E-state index in [0.717, 1.165) is 22.4 Å². The average Bonchev–Trinajstić information content (AvgIpc) is 3.44. The zero-order chi connectivity index (χ0) is 29.5. The zero-order valence-electron chi connectivity index (χ0n) is 23.7. The number of amides is 1. The van der Waals surface area contributed by atoms with Gasteiger partial charge >= 0.3 is 5.97 Å². The second kappa shape index (κ2) is 13.4. The maximum atomic E-state index is 13.2. The minimum Gasteiger partial charge on any atom is -0.493 e. The predicted octanol–water partition coefficient (Wildman–Crippen LogP) is 5.51. The fourth-order valence-corrected chi connectivity index (χ4v) is 5.80. The maximum absolute atomic E-state index is 13.2. The van der Waals surface area contributed by atoms with Gasteiger partial charge in [0.1, 0.15) is 6.61 Å². The first-order chi connectivity index (χ1) is 20.5. The second-order valence-corrected chi connectivity index (χ2v) is 10.4. The number of esters is 1. The Morgan fingerprint density at radius 1 is 1.00 bits per heavy atom. The first-order valence-electron chi connectivity index (χ1n) is 13.6. The van der Waals surface area contributed by atoms with Crippen LogP contribution in [0.4, 0.5) is 0 Å². The van der Waals surface area contributed by atoms with E-state index in [1.165, 1.54) is 18.9 Å². The van der Waals surface area contributed by atoms with E-state index in [9.17, 15) is 9.59 Å². The lowest BCUT2D eigenvalue weighted by molar-refractivity contribution is -0.136. The van der Waals surface area contributed by atoms with Crippen LogP contribution in [0.1, 0.15) is 42.5 Å². The maximum Gasteiger partial charge on any atom is 0.338 e. The number of methoxy groups -OCH3 is 2. The second-order valence-electron chi connectivity index (χ2n) is 9.59. The number of fused-ring (bicyclic) bond motifs is 1. The van der Waals surface area contributed by atoms with Crippen LogP contribution in [-0.4, -0.2) is 41.1 Å². The summed E-state index contributed by atoms with van der Waals surface area (Å²) in [5.41, 5.74) is 4.57. The molecule has 1 aromatic heterocycles. The topological polar surface area (TPSA) is 102 Å². The van der Waals surface area contributed by atoms with Crippen LogP contribution in [0.2, 0.25) is 0 Å². The summed E-state index contributed by atoms with van der Waals surface area (Å²) in [6.45, 7) is 2.73. The molecule has 0 radical (unpaired) electrons. The number of hydrogen-bond donors (Lipinski definition) is 1. The number of aliphatic imine (C=N–C) groups is 1. The molecule has 9 nitrogen and oxygen atoms in total. The van der Waals surface area contributed by atoms with Crippen molar-refractivity contribution in [2.45, 2.75) is 39.0 Å². The summed E-state index contributed by atoms with van der Waals surface area (Å²) < 4.78 is 17.0. The molecule has 0 saturated carbocycles. The Morgan fingerprint density at radius 2 is 1.79 bits per heavy atom. The highest BCUT2D eigenvalue weighted by Crippen LogP contribution is 2.46. The molecule has 2 aliphatic heterocycles. The van der Waals surface area contributed by atoms with Crippen LogP contribution in [0.5, 0.6) is 11.5 Å². The number of carbonyl (C=O) groups is 2. The van der Waals surface area contributed by atoms with Gasteiger partial charge in [-0.3, -0.25) is 9.78 Å². The van der Waals surface area contributed by atoms with Crippen LogP contribution in [0.3, 0.4) is 0 Å². The molecule has 42 heavy (non-hydrogen) atoms. The Labute approximate surface area is 249 Å². The summed E-state index contributed by atoms with van der Waals surface area (Å²) in [6.07, 6.45) is 4.03. The number of pyridine rings is 1. The first-order valence-corrected chi connectivity index (χ1v) is 14.5. The highest BCUT2D eigenvalue weighted by atomic mass is 32.2. The third-order valence-corrected chi connectivity index (χ3v) is 7.84. The van der Waals surface area contributed by atoms with Crippen LogP contribution in [-0.2, 0) is 27.5 Å². The zero-order valence-corrected chi connectivity index (χ0v) is 24.5. The summed E-state index contributed by atoms with van der Waals surface area (Å²) in [6, 6.07) is 18.6. The average molecular weight is 585 g/mol. The molecule has 3 aromatic rings. The van der Waals surface area contributed by atoms with E-state index in [-0.39, 0.29) is 12.3 Å². The Hall–Kier alpha value is -4.57. The summed E-state index contributed by atoms with van der Waals surface area (Å²) in [7, 11) is 2.95. The van der Waals surface area contributed by atoms with Crippen LogP contribution in [0.25, 0.3) is 0 Å². The van der Waals surface area contributed by atoms with E-state index >= 15 is 0 Å². The van der Waals surface area contributed by atoms with E-state index < -0.39 is 12.0 Å². The van der Waals surface area contributed by atoms with E-state index in [2.05, 4.69) is 10.3 Å². The number of ether oxygens (including phenoxy) is 3. The fraction of sp³-hybridized carbons (Fsp3) is 0.250. The van der Waals surface area contributed by atoms with Gasteiger partial charge in [0.25, 0.3) is 0 Å². The van der Waals surface area contributed by atoms with Crippen molar-refractivity contribution in [3.05, 3.63) is 112 Å². The molecule has 0 bridgehead atoms. The molecule has 2 aromatic carbocycles. The lowest BCUT2D eigenvalue weighted by atomic mass is 9.92. The monoisotopic (exact) mass is 584 g/mol. The van der Waals surface area contributed by atoms with E-state index in [1.807, 2.05) is 77.9 Å². The standard InChI is InChI=1S/C32H32N4O5S/c1-4-25-29(31(38)40-3)30(23-10-11-26(27(16-23)39-2)41-19-22-8-6-5-7-9-22)36-24(20-42-32(36)35-25)17-28(37)34-18-21-12-14-33-15-13-21/h5-16,20,30H,4,17-19H2,1-3H3,(H,34,37). The first kappa shape index (κ1) is 28.9. The van der Waals surface area contributed by atoms with Gasteiger partial charge in [-0.1, -0.05) is 55.1 Å². The summed E-state index contributed by atoms with van der Waals surface area (Å²) in [5, 5.41) is 5.59. The smallest absolute Gasteiger partial charge is 0.338 e. The minimum absolute atomic E-state index is 0.110. The Bertz CT molecular complexity index is 1540. The van der Waals surface area contributed by atoms with Crippen molar-refractivity contribution in [1.82, 2.24) is 15.2 Å². The molecule has 1 amide bonds. The normalized spacial score (nSPS) is 15.9. The Kier molecular flexibility index (Phi) is 9.23. The van der Waals surface area contributed by atoms with Crippen LogP contribution >= 0.6 is 11.8 Å². The predicted molar refractivity (Wildman–Crippen MR) is 161 cm³/mol. The fourth-order valence-electron chi connectivity index (χ4n) is 4.86. The van der Waals surface area contributed by atoms with Crippen LogP contribution in [0.15, 0.2) is 100 Å². The lowest BCUT2D eigenvalue weighted by Gasteiger charge is -2.36. The number of aromatic nitrogens is 1. The summed E-state index contributed by atoms with van der Waals surface area (Å²) >= 11 is 1.43. The number of benzene rings is 2. The highest BCUT2D eigenvalue weighted by Gasteiger charge is 2.41. The van der Waals surface area contributed by atoms with Gasteiger partial charge in [-0.2, -0.15) is 0 Å². The van der Waals surface area contributed by atoms with Gasteiger partial charge in [0, 0.05) is 24.6 Å². The van der Waals surface area contributed by atoms with Gasteiger partial charge in [-0.05, 0) is 52.8 Å². The SMILES string of the molecule is CCC1=C(C(=O)OC)C(c2ccc(OCc3ccccc3)c(OC)c2)N2C(CC(=O)NCc3ccncc3)=CSC2=N1. The van der Waals surface area contributed by atoms with Crippen molar-refractivity contribution < 1.29 is 23.8 Å². The van der Waals surface area contributed by atoms with Crippen molar-refractivity contribution in [2.24, 2.45) is 4.99 Å². The molecule has 2 aliphatic rings. The lowest BCUT2D eigenvalue weighted by Crippen LogP contribution is -2.38.